The predicted octanol–water partition coefficient (Wildman–Crippen LogP) is 3.16. The minimum Gasteiger partial charge on any atom is -0.322 e. The first kappa shape index (κ1) is 12.8. The fraction of sp³-hybridized carbons (Fsp3) is 0.0714. The van der Waals surface area contributed by atoms with Crippen molar-refractivity contribution in [3.63, 3.8) is 0 Å². The monoisotopic (exact) mass is 256 g/mol. The normalized spacial score (nSPS) is 9.95. The number of hydrogen-bond donors (Lipinski definition) is 1. The summed E-state index contributed by atoms with van der Waals surface area (Å²) in [7, 11) is 0. The van der Waals surface area contributed by atoms with Crippen LogP contribution in [0.3, 0.4) is 0 Å². The number of anilines is 1. The summed E-state index contributed by atoms with van der Waals surface area (Å²) in [6.45, 7) is 1.64. The average Bonchev–Trinajstić information content (AvgIpc) is 2.39. The molecule has 0 radical (unpaired) electrons. The smallest absolute Gasteiger partial charge is 0.272 e. The van der Waals surface area contributed by atoms with Gasteiger partial charge in [-0.3, -0.25) is 14.9 Å². The number of nitrogens with zero attached hydrogens (tertiary/aromatic N) is 1. The fourth-order valence-electron chi connectivity index (χ4n) is 1.73. The van der Waals surface area contributed by atoms with Crippen LogP contribution in [0.5, 0.6) is 0 Å². The molecule has 0 unspecified atom stereocenters. The van der Waals surface area contributed by atoms with Crippen molar-refractivity contribution in [2.45, 2.75) is 6.92 Å². The topological polar surface area (TPSA) is 72.2 Å². The first-order valence-corrected chi connectivity index (χ1v) is 5.69. The van der Waals surface area contributed by atoms with E-state index in [4.69, 9.17) is 0 Å². The van der Waals surface area contributed by atoms with E-state index in [1.807, 2.05) is 6.07 Å². The van der Waals surface area contributed by atoms with Gasteiger partial charge in [0.2, 0.25) is 0 Å². The number of nitro groups is 1. The number of carbonyl (C=O) groups excluding carboxylic acids is 1. The van der Waals surface area contributed by atoms with Crippen molar-refractivity contribution < 1.29 is 9.72 Å². The highest BCUT2D eigenvalue weighted by molar-refractivity contribution is 6.04. The Morgan fingerprint density at radius 2 is 1.84 bits per heavy atom. The van der Waals surface area contributed by atoms with E-state index < -0.39 is 4.92 Å². The maximum atomic E-state index is 11.9. The molecule has 96 valence electrons. The van der Waals surface area contributed by atoms with E-state index in [2.05, 4.69) is 5.32 Å². The van der Waals surface area contributed by atoms with Crippen LogP contribution in [0.25, 0.3) is 0 Å². The Bertz CT molecular complexity index is 624. The van der Waals surface area contributed by atoms with Crippen LogP contribution < -0.4 is 5.32 Å². The summed E-state index contributed by atoms with van der Waals surface area (Å²) in [6, 6.07) is 13.3. The molecule has 2 aromatic carbocycles. The number of amides is 1. The van der Waals surface area contributed by atoms with Gasteiger partial charge in [-0.25, -0.2) is 0 Å². The average molecular weight is 256 g/mol. The van der Waals surface area contributed by atoms with E-state index in [0.717, 1.165) is 0 Å². The molecule has 2 rings (SSSR count). The van der Waals surface area contributed by atoms with Gasteiger partial charge >= 0.3 is 0 Å². The van der Waals surface area contributed by atoms with Gasteiger partial charge in [0.1, 0.15) is 0 Å². The molecular weight excluding hydrogens is 244 g/mol. The van der Waals surface area contributed by atoms with E-state index in [1.54, 1.807) is 37.3 Å². The van der Waals surface area contributed by atoms with Crippen molar-refractivity contribution >= 4 is 17.3 Å². The molecule has 0 atom stereocenters. The van der Waals surface area contributed by atoms with Gasteiger partial charge in [-0.2, -0.15) is 0 Å². The van der Waals surface area contributed by atoms with Gasteiger partial charge in [-0.15, -0.1) is 0 Å². The summed E-state index contributed by atoms with van der Waals surface area (Å²) in [5, 5.41) is 13.4. The number of carbonyl (C=O) groups is 1. The maximum absolute atomic E-state index is 11.9. The molecule has 0 aliphatic carbocycles. The standard InChI is InChI=1S/C14H12N2O3/c1-10-9-12(7-8-13(10)16(18)19)15-14(17)11-5-3-2-4-6-11/h2-9H,1H3,(H,15,17). The minimum absolute atomic E-state index is 0.0395. The second-order valence-corrected chi connectivity index (χ2v) is 4.08. The van der Waals surface area contributed by atoms with E-state index >= 15 is 0 Å². The number of rotatable bonds is 3. The largest absolute Gasteiger partial charge is 0.322 e. The first-order chi connectivity index (χ1) is 9.08. The van der Waals surface area contributed by atoms with Crippen molar-refractivity contribution in [1.82, 2.24) is 0 Å². The number of nitrogens with one attached hydrogen (secondary N) is 1. The molecular formula is C14H12N2O3. The zero-order valence-electron chi connectivity index (χ0n) is 10.3. The summed E-state index contributed by atoms with van der Waals surface area (Å²) in [5.41, 5.74) is 1.63. The summed E-state index contributed by atoms with van der Waals surface area (Å²) in [6.07, 6.45) is 0. The molecule has 0 aliphatic heterocycles. The van der Waals surface area contributed by atoms with E-state index in [1.165, 1.54) is 12.1 Å². The number of benzene rings is 2. The number of hydrogen-bond acceptors (Lipinski definition) is 3. The van der Waals surface area contributed by atoms with E-state index in [9.17, 15) is 14.9 Å². The molecule has 5 nitrogen and oxygen atoms in total. The Kier molecular flexibility index (Phi) is 3.56. The van der Waals surface area contributed by atoms with Crippen LogP contribution in [-0.4, -0.2) is 10.8 Å². The third-order valence-electron chi connectivity index (χ3n) is 2.69. The molecule has 2 aromatic rings. The highest BCUT2D eigenvalue weighted by atomic mass is 16.6. The molecule has 0 heterocycles. The van der Waals surface area contributed by atoms with Crippen LogP contribution in [0.15, 0.2) is 48.5 Å². The Hall–Kier alpha value is -2.69. The van der Waals surface area contributed by atoms with Gasteiger partial charge in [0.25, 0.3) is 11.6 Å². The van der Waals surface area contributed by atoms with Crippen molar-refractivity contribution in [1.29, 1.82) is 0 Å². The van der Waals surface area contributed by atoms with Crippen LogP contribution in [0.1, 0.15) is 15.9 Å². The van der Waals surface area contributed by atoms with Crippen LogP contribution in [-0.2, 0) is 0 Å². The highest BCUT2D eigenvalue weighted by Gasteiger charge is 2.11. The molecule has 0 aliphatic rings. The van der Waals surface area contributed by atoms with Crippen molar-refractivity contribution in [3.05, 3.63) is 69.8 Å². The highest BCUT2D eigenvalue weighted by Crippen LogP contribution is 2.21. The zero-order valence-corrected chi connectivity index (χ0v) is 10.3. The molecule has 5 heteroatoms. The van der Waals surface area contributed by atoms with Gasteiger partial charge in [0.15, 0.2) is 0 Å². The fourth-order valence-corrected chi connectivity index (χ4v) is 1.73. The number of aryl methyl sites for hydroxylation is 1. The summed E-state index contributed by atoms with van der Waals surface area (Å²) in [4.78, 5) is 22.1. The Morgan fingerprint density at radius 3 is 2.42 bits per heavy atom. The molecule has 0 saturated heterocycles. The molecule has 0 spiro atoms. The quantitative estimate of drug-likeness (QED) is 0.677. The lowest BCUT2D eigenvalue weighted by atomic mass is 10.1. The van der Waals surface area contributed by atoms with Gasteiger partial charge < -0.3 is 5.32 Å². The van der Waals surface area contributed by atoms with Crippen molar-refractivity contribution in [2.75, 3.05) is 5.32 Å². The Morgan fingerprint density at radius 1 is 1.16 bits per heavy atom. The van der Waals surface area contributed by atoms with Gasteiger partial charge in [-0.05, 0) is 31.2 Å². The summed E-state index contributed by atoms with van der Waals surface area (Å²) >= 11 is 0. The lowest BCUT2D eigenvalue weighted by Gasteiger charge is -2.06. The molecule has 0 aromatic heterocycles. The van der Waals surface area contributed by atoms with Crippen molar-refractivity contribution in [2.24, 2.45) is 0 Å². The summed E-state index contributed by atoms with van der Waals surface area (Å²) < 4.78 is 0. The minimum atomic E-state index is -0.446. The predicted molar refractivity (Wildman–Crippen MR) is 72.2 cm³/mol. The lowest BCUT2D eigenvalue weighted by Crippen LogP contribution is -2.11. The molecule has 0 fully saturated rings. The van der Waals surface area contributed by atoms with Gasteiger partial charge in [-0.1, -0.05) is 18.2 Å². The summed E-state index contributed by atoms with van der Waals surface area (Å²) in [5.74, 6) is -0.242. The van der Waals surface area contributed by atoms with Crippen molar-refractivity contribution in [3.8, 4) is 0 Å². The van der Waals surface area contributed by atoms with Gasteiger partial charge in [0.05, 0.1) is 4.92 Å². The van der Waals surface area contributed by atoms with E-state index in [0.29, 0.717) is 16.8 Å². The maximum Gasteiger partial charge on any atom is 0.272 e. The van der Waals surface area contributed by atoms with Gasteiger partial charge in [0, 0.05) is 22.9 Å². The zero-order chi connectivity index (χ0) is 13.8. The molecule has 0 bridgehead atoms. The Balaban J connectivity index is 2.19. The third kappa shape index (κ3) is 2.95. The Labute approximate surface area is 110 Å². The molecule has 19 heavy (non-hydrogen) atoms. The second-order valence-electron chi connectivity index (χ2n) is 4.08. The van der Waals surface area contributed by atoms with Crippen LogP contribution in [0.4, 0.5) is 11.4 Å². The first-order valence-electron chi connectivity index (χ1n) is 5.69. The van der Waals surface area contributed by atoms with Crippen LogP contribution in [0, 0.1) is 17.0 Å². The molecule has 0 saturated carbocycles. The lowest BCUT2D eigenvalue weighted by molar-refractivity contribution is -0.385. The second kappa shape index (κ2) is 5.30. The third-order valence-corrected chi connectivity index (χ3v) is 2.69. The molecule has 1 amide bonds. The number of nitro benzene ring substituents is 1. The SMILES string of the molecule is Cc1cc(NC(=O)c2ccccc2)ccc1[N+](=O)[O-]. The molecule has 1 N–H and O–H groups in total. The van der Waals surface area contributed by atoms with E-state index in [-0.39, 0.29) is 11.6 Å². The van der Waals surface area contributed by atoms with Crippen LogP contribution >= 0.6 is 0 Å². The van der Waals surface area contributed by atoms with Crippen LogP contribution in [0.2, 0.25) is 0 Å².